The lowest BCUT2D eigenvalue weighted by atomic mass is 9.75. The Kier molecular flexibility index (Phi) is 3.17. The Morgan fingerprint density at radius 2 is 2.11 bits per heavy atom. The minimum absolute atomic E-state index is 0.471. The molecule has 2 aromatic rings. The highest BCUT2D eigenvalue weighted by atomic mass is 14.9. The van der Waals surface area contributed by atoms with E-state index in [9.17, 15) is 0 Å². The molecule has 1 unspecified atom stereocenters. The van der Waals surface area contributed by atoms with Gasteiger partial charge in [-0.15, -0.1) is 0 Å². The van der Waals surface area contributed by atoms with Crippen LogP contribution in [0.3, 0.4) is 0 Å². The van der Waals surface area contributed by atoms with Crippen LogP contribution in [0.2, 0.25) is 0 Å². The summed E-state index contributed by atoms with van der Waals surface area (Å²) in [5, 5.41) is 4.97. The summed E-state index contributed by atoms with van der Waals surface area (Å²) < 4.78 is 0. The molecule has 1 saturated carbocycles. The van der Waals surface area contributed by atoms with Gasteiger partial charge in [0.2, 0.25) is 0 Å². The molecule has 1 heterocycles. The van der Waals surface area contributed by atoms with Crippen LogP contribution in [0.1, 0.15) is 39.5 Å². The Morgan fingerprint density at radius 3 is 2.95 bits per heavy atom. The summed E-state index contributed by atoms with van der Waals surface area (Å²) in [6.07, 6.45) is 7.06. The number of fused-ring (bicyclic) bond motifs is 1. The molecule has 0 amide bonds. The van der Waals surface area contributed by atoms with Crippen molar-refractivity contribution >= 4 is 16.6 Å². The molecule has 1 atom stereocenters. The first kappa shape index (κ1) is 12.5. The van der Waals surface area contributed by atoms with E-state index < -0.39 is 0 Å². The van der Waals surface area contributed by atoms with E-state index in [1.165, 1.54) is 36.8 Å². The molecule has 3 rings (SSSR count). The van der Waals surface area contributed by atoms with Gasteiger partial charge in [-0.25, -0.2) is 0 Å². The molecule has 1 aliphatic rings. The molecule has 100 valence electrons. The first-order valence-electron chi connectivity index (χ1n) is 7.24. The maximum absolute atomic E-state index is 4.42. The van der Waals surface area contributed by atoms with E-state index >= 15 is 0 Å². The van der Waals surface area contributed by atoms with Gasteiger partial charge < -0.3 is 5.32 Å². The van der Waals surface area contributed by atoms with Crippen LogP contribution in [0.4, 0.5) is 5.69 Å². The molecule has 1 N–H and O–H groups in total. The molecule has 1 aliphatic carbocycles. The summed E-state index contributed by atoms with van der Waals surface area (Å²) in [6.45, 7) is 4.76. The molecule has 0 aliphatic heterocycles. The molecular weight excluding hydrogens is 232 g/mol. The van der Waals surface area contributed by atoms with E-state index in [0.29, 0.717) is 11.5 Å². The predicted octanol–water partition coefficient (Wildman–Crippen LogP) is 4.62. The van der Waals surface area contributed by atoms with E-state index in [2.05, 4.69) is 48.4 Å². The van der Waals surface area contributed by atoms with Gasteiger partial charge >= 0.3 is 0 Å². The third-order valence-corrected chi connectivity index (χ3v) is 4.21. The number of nitrogens with one attached hydrogen (secondary N) is 1. The number of pyridine rings is 1. The van der Waals surface area contributed by atoms with Crippen LogP contribution in [0, 0.1) is 5.41 Å². The minimum Gasteiger partial charge on any atom is -0.382 e. The van der Waals surface area contributed by atoms with Crippen molar-refractivity contribution in [1.82, 2.24) is 4.98 Å². The van der Waals surface area contributed by atoms with Gasteiger partial charge in [-0.3, -0.25) is 4.98 Å². The number of rotatable bonds is 2. The van der Waals surface area contributed by atoms with Crippen LogP contribution in [-0.2, 0) is 0 Å². The number of aromatic nitrogens is 1. The fourth-order valence-corrected chi connectivity index (χ4v) is 3.27. The molecule has 0 spiro atoms. The van der Waals surface area contributed by atoms with Gasteiger partial charge in [0.15, 0.2) is 0 Å². The molecule has 0 radical (unpaired) electrons. The fraction of sp³-hybridized carbons (Fsp3) is 0.471. The van der Waals surface area contributed by atoms with Crippen LogP contribution < -0.4 is 5.32 Å². The van der Waals surface area contributed by atoms with Gasteiger partial charge in [0.25, 0.3) is 0 Å². The normalized spacial score (nSPS) is 22.3. The minimum atomic E-state index is 0.471. The fourth-order valence-electron chi connectivity index (χ4n) is 3.27. The van der Waals surface area contributed by atoms with E-state index in [1.807, 2.05) is 12.3 Å². The molecule has 19 heavy (non-hydrogen) atoms. The van der Waals surface area contributed by atoms with Gasteiger partial charge in [0, 0.05) is 23.3 Å². The van der Waals surface area contributed by atoms with Crippen LogP contribution in [-0.4, -0.2) is 11.0 Å². The van der Waals surface area contributed by atoms with Crippen molar-refractivity contribution in [3.8, 4) is 0 Å². The largest absolute Gasteiger partial charge is 0.382 e. The Bertz CT molecular complexity index is 569. The molecule has 1 aromatic carbocycles. The molecule has 2 heteroatoms. The molecule has 0 saturated heterocycles. The quantitative estimate of drug-likeness (QED) is 0.846. The first-order chi connectivity index (χ1) is 9.14. The van der Waals surface area contributed by atoms with Gasteiger partial charge in [-0.1, -0.05) is 26.3 Å². The zero-order valence-electron chi connectivity index (χ0n) is 11.8. The highest BCUT2D eigenvalue weighted by molar-refractivity contribution is 5.91. The van der Waals surface area contributed by atoms with E-state index in [0.717, 1.165) is 5.52 Å². The van der Waals surface area contributed by atoms with Crippen molar-refractivity contribution in [2.45, 2.75) is 45.6 Å². The second-order valence-corrected chi connectivity index (χ2v) is 6.48. The Balaban J connectivity index is 1.85. The molecule has 0 bridgehead atoms. The lowest BCUT2D eigenvalue weighted by molar-refractivity contribution is 0.229. The van der Waals surface area contributed by atoms with Crippen LogP contribution in [0.15, 0.2) is 36.5 Å². The standard InChI is InChI=1S/C17H22N2/c1-17(2)10-4-6-13(12-17)19-16-9-3-8-15-14(16)7-5-11-18-15/h3,5,7-9,11,13,19H,4,6,10,12H2,1-2H3. The van der Waals surface area contributed by atoms with Crippen LogP contribution in [0.5, 0.6) is 0 Å². The van der Waals surface area contributed by atoms with Crippen molar-refractivity contribution in [2.75, 3.05) is 5.32 Å². The zero-order valence-corrected chi connectivity index (χ0v) is 11.8. The summed E-state index contributed by atoms with van der Waals surface area (Å²) in [7, 11) is 0. The highest BCUT2D eigenvalue weighted by Gasteiger charge is 2.27. The summed E-state index contributed by atoms with van der Waals surface area (Å²) in [6, 6.07) is 11.1. The molecule has 1 fully saturated rings. The average molecular weight is 254 g/mol. The van der Waals surface area contributed by atoms with E-state index in [1.54, 1.807) is 0 Å². The maximum atomic E-state index is 4.42. The number of nitrogens with zero attached hydrogens (tertiary/aromatic N) is 1. The molecular formula is C17H22N2. The van der Waals surface area contributed by atoms with Gasteiger partial charge in [-0.2, -0.15) is 0 Å². The molecule has 2 nitrogen and oxygen atoms in total. The van der Waals surface area contributed by atoms with E-state index in [4.69, 9.17) is 0 Å². The topological polar surface area (TPSA) is 24.9 Å². The zero-order chi connectivity index (χ0) is 13.3. The lowest BCUT2D eigenvalue weighted by Gasteiger charge is -2.36. The lowest BCUT2D eigenvalue weighted by Crippen LogP contribution is -2.31. The van der Waals surface area contributed by atoms with Crippen molar-refractivity contribution in [3.63, 3.8) is 0 Å². The summed E-state index contributed by atoms with van der Waals surface area (Å²) in [5.74, 6) is 0. The van der Waals surface area contributed by atoms with Crippen molar-refractivity contribution in [3.05, 3.63) is 36.5 Å². The molecule has 1 aromatic heterocycles. The third kappa shape index (κ3) is 2.73. The highest BCUT2D eigenvalue weighted by Crippen LogP contribution is 2.37. The summed E-state index contributed by atoms with van der Waals surface area (Å²) >= 11 is 0. The summed E-state index contributed by atoms with van der Waals surface area (Å²) in [5.41, 5.74) is 2.77. The van der Waals surface area contributed by atoms with E-state index in [-0.39, 0.29) is 0 Å². The SMILES string of the molecule is CC1(C)CCCC(Nc2cccc3ncccc23)C1. The van der Waals surface area contributed by atoms with Gasteiger partial charge in [0.05, 0.1) is 5.52 Å². The Labute approximate surface area is 115 Å². The van der Waals surface area contributed by atoms with Crippen molar-refractivity contribution in [1.29, 1.82) is 0 Å². The van der Waals surface area contributed by atoms with Crippen molar-refractivity contribution < 1.29 is 0 Å². The van der Waals surface area contributed by atoms with Crippen molar-refractivity contribution in [2.24, 2.45) is 5.41 Å². The van der Waals surface area contributed by atoms with Crippen LogP contribution >= 0.6 is 0 Å². The number of hydrogen-bond donors (Lipinski definition) is 1. The number of anilines is 1. The monoisotopic (exact) mass is 254 g/mol. The Hall–Kier alpha value is -1.57. The van der Waals surface area contributed by atoms with Gasteiger partial charge in [-0.05, 0) is 48.9 Å². The average Bonchev–Trinajstić information content (AvgIpc) is 2.38. The number of hydrogen-bond acceptors (Lipinski definition) is 2. The number of benzene rings is 1. The predicted molar refractivity (Wildman–Crippen MR) is 81.4 cm³/mol. The van der Waals surface area contributed by atoms with Crippen LogP contribution in [0.25, 0.3) is 10.9 Å². The first-order valence-corrected chi connectivity index (χ1v) is 7.24. The van der Waals surface area contributed by atoms with Gasteiger partial charge in [0.1, 0.15) is 0 Å². The smallest absolute Gasteiger partial charge is 0.0722 e. The third-order valence-electron chi connectivity index (χ3n) is 4.21. The second kappa shape index (κ2) is 4.84. The maximum Gasteiger partial charge on any atom is 0.0722 e. The second-order valence-electron chi connectivity index (χ2n) is 6.48. The summed E-state index contributed by atoms with van der Waals surface area (Å²) in [4.78, 5) is 4.42. The Morgan fingerprint density at radius 1 is 1.21 bits per heavy atom.